The van der Waals surface area contributed by atoms with Gasteiger partial charge in [-0.3, -0.25) is 4.90 Å². The molecule has 1 saturated heterocycles. The molecule has 1 amide bonds. The van der Waals surface area contributed by atoms with Crippen molar-refractivity contribution in [2.45, 2.75) is 82.4 Å². The van der Waals surface area contributed by atoms with Crippen molar-refractivity contribution in [1.82, 2.24) is 9.29 Å². The van der Waals surface area contributed by atoms with Gasteiger partial charge in [-0.1, -0.05) is 30.2 Å². The summed E-state index contributed by atoms with van der Waals surface area (Å²) in [5.74, 6) is 0.541. The van der Waals surface area contributed by atoms with Gasteiger partial charge in [0.1, 0.15) is 11.4 Å². The topological polar surface area (TPSA) is 79.8 Å². The molecule has 1 saturated carbocycles. The number of carbonyl (C=O) groups excluding carboxylic acids is 1. The molecule has 33 heavy (non-hydrogen) atoms. The van der Waals surface area contributed by atoms with Gasteiger partial charge >= 0.3 is 6.09 Å². The molecule has 0 N–H and O–H groups in total. The Morgan fingerprint density at radius 1 is 1.06 bits per heavy atom. The van der Waals surface area contributed by atoms with E-state index < -0.39 is 21.7 Å². The first-order valence-corrected chi connectivity index (χ1v) is 13.1. The highest BCUT2D eigenvalue weighted by atomic mass is 32.2. The molecule has 2 fully saturated rings. The van der Waals surface area contributed by atoms with E-state index in [1.807, 2.05) is 52.0 Å². The van der Waals surface area contributed by atoms with E-state index >= 15 is 0 Å². The second-order valence-electron chi connectivity index (χ2n) is 9.97. The molecule has 1 atom stereocenters. The van der Waals surface area contributed by atoms with Crippen molar-refractivity contribution in [3.8, 4) is 0 Å². The smallest absolute Gasteiger partial charge is 0.416 e. The van der Waals surface area contributed by atoms with E-state index in [2.05, 4.69) is 4.98 Å². The van der Waals surface area contributed by atoms with Crippen LogP contribution in [0.5, 0.6) is 0 Å². The van der Waals surface area contributed by atoms with E-state index in [0.717, 1.165) is 43.2 Å². The van der Waals surface area contributed by atoms with E-state index in [-0.39, 0.29) is 12.1 Å². The highest BCUT2D eigenvalue weighted by Crippen LogP contribution is 2.37. The number of rotatable bonds is 5. The molecule has 4 rings (SSSR count). The normalized spacial score (nSPS) is 19.8. The minimum absolute atomic E-state index is 0.103. The summed E-state index contributed by atoms with van der Waals surface area (Å²) in [7, 11) is -3.62. The van der Waals surface area contributed by atoms with Crippen LogP contribution >= 0.6 is 0 Å². The Morgan fingerprint density at radius 2 is 1.76 bits per heavy atom. The van der Waals surface area contributed by atoms with Gasteiger partial charge < -0.3 is 4.74 Å². The van der Waals surface area contributed by atoms with Gasteiger partial charge in [0.2, 0.25) is 10.0 Å². The lowest BCUT2D eigenvalue weighted by Gasteiger charge is -2.35. The Hall–Kier alpha value is -2.45. The van der Waals surface area contributed by atoms with Crippen LogP contribution in [0.2, 0.25) is 0 Å². The van der Waals surface area contributed by atoms with Crippen LogP contribution in [0.15, 0.2) is 47.5 Å². The van der Waals surface area contributed by atoms with Crippen LogP contribution in [-0.4, -0.2) is 42.0 Å². The van der Waals surface area contributed by atoms with Crippen molar-refractivity contribution >= 4 is 21.9 Å². The number of aryl methyl sites for hydroxylation is 1. The van der Waals surface area contributed by atoms with Gasteiger partial charge in [0, 0.05) is 18.8 Å². The standard InChI is InChI=1S/C25H33N3O4S/c1-18-8-13-21(14-9-18)33(30,31)27-16-6-5-7-22(27)19-10-15-23(26-17-19)28(20-11-12-20)24(29)32-25(2,3)4/h8-10,13-15,17,20,22H,5-7,11-12,16H2,1-4H3. The number of amides is 1. The Kier molecular flexibility index (Phi) is 6.51. The first-order chi connectivity index (χ1) is 15.6. The number of sulfonamides is 1. The monoisotopic (exact) mass is 471 g/mol. The molecule has 8 heteroatoms. The third kappa shape index (κ3) is 5.38. The van der Waals surface area contributed by atoms with Gasteiger partial charge in [-0.15, -0.1) is 0 Å². The average Bonchev–Trinajstić information content (AvgIpc) is 3.58. The summed E-state index contributed by atoms with van der Waals surface area (Å²) in [6, 6.07) is 10.5. The zero-order chi connectivity index (χ0) is 23.8. The number of hydrogen-bond donors (Lipinski definition) is 0. The maximum Gasteiger partial charge on any atom is 0.416 e. The summed E-state index contributed by atoms with van der Waals surface area (Å²) in [6.45, 7) is 7.96. The molecule has 1 aliphatic heterocycles. The number of anilines is 1. The Labute approximate surface area is 196 Å². The number of nitrogens with zero attached hydrogens (tertiary/aromatic N) is 3. The van der Waals surface area contributed by atoms with Gasteiger partial charge in [-0.25, -0.2) is 18.2 Å². The van der Waals surface area contributed by atoms with Crippen molar-refractivity contribution in [3.63, 3.8) is 0 Å². The fraction of sp³-hybridized carbons (Fsp3) is 0.520. The molecule has 1 aliphatic carbocycles. The first-order valence-electron chi connectivity index (χ1n) is 11.6. The van der Waals surface area contributed by atoms with E-state index in [0.29, 0.717) is 17.3 Å². The SMILES string of the molecule is Cc1ccc(S(=O)(=O)N2CCCCC2c2ccc(N(C(=O)OC(C)(C)C)C3CC3)nc2)cc1. The van der Waals surface area contributed by atoms with Crippen molar-refractivity contribution in [2.75, 3.05) is 11.4 Å². The summed E-state index contributed by atoms with van der Waals surface area (Å²) in [5.41, 5.74) is 1.28. The number of piperidine rings is 1. The highest BCUT2D eigenvalue weighted by molar-refractivity contribution is 7.89. The predicted octanol–water partition coefficient (Wildman–Crippen LogP) is 5.21. The van der Waals surface area contributed by atoms with Gasteiger partial charge in [0.05, 0.1) is 10.9 Å². The second kappa shape index (κ2) is 9.06. The van der Waals surface area contributed by atoms with E-state index in [9.17, 15) is 13.2 Å². The molecule has 1 aromatic carbocycles. The molecule has 1 unspecified atom stereocenters. The Balaban J connectivity index is 1.59. The van der Waals surface area contributed by atoms with E-state index in [1.54, 1.807) is 27.5 Å². The Bertz CT molecular complexity index is 1090. The molecule has 2 aliphatic rings. The molecule has 2 aromatic rings. The fourth-order valence-corrected chi connectivity index (χ4v) is 5.86. The second-order valence-corrected chi connectivity index (χ2v) is 11.9. The van der Waals surface area contributed by atoms with Crippen LogP contribution in [0.4, 0.5) is 10.6 Å². The highest BCUT2D eigenvalue weighted by Gasteiger charge is 2.38. The average molecular weight is 472 g/mol. The van der Waals surface area contributed by atoms with Gasteiger partial charge in [-0.05, 0) is 77.1 Å². The number of ether oxygens (including phenoxy) is 1. The zero-order valence-electron chi connectivity index (χ0n) is 19.8. The van der Waals surface area contributed by atoms with Crippen molar-refractivity contribution in [1.29, 1.82) is 0 Å². The van der Waals surface area contributed by atoms with Gasteiger partial charge in [0.25, 0.3) is 0 Å². The molecule has 7 nitrogen and oxygen atoms in total. The Morgan fingerprint density at radius 3 is 2.33 bits per heavy atom. The van der Waals surface area contributed by atoms with Gasteiger partial charge in [-0.2, -0.15) is 4.31 Å². The van der Waals surface area contributed by atoms with Crippen molar-refractivity contribution in [3.05, 3.63) is 53.7 Å². The molecular formula is C25H33N3O4S. The molecule has 0 spiro atoms. The third-order valence-electron chi connectivity index (χ3n) is 5.99. The first kappa shape index (κ1) is 23.7. The molecular weight excluding hydrogens is 438 g/mol. The maximum atomic E-state index is 13.4. The predicted molar refractivity (Wildman–Crippen MR) is 128 cm³/mol. The van der Waals surface area contributed by atoms with Crippen LogP contribution in [0.25, 0.3) is 0 Å². The van der Waals surface area contributed by atoms with Crippen LogP contribution in [0.1, 0.15) is 70.0 Å². The lowest BCUT2D eigenvalue weighted by atomic mass is 9.99. The van der Waals surface area contributed by atoms with E-state index in [4.69, 9.17) is 4.74 Å². The van der Waals surface area contributed by atoms with Crippen LogP contribution in [0.3, 0.4) is 0 Å². The minimum Gasteiger partial charge on any atom is -0.443 e. The molecule has 0 bridgehead atoms. The summed E-state index contributed by atoms with van der Waals surface area (Å²) in [6.07, 6.45) is 5.70. The quantitative estimate of drug-likeness (QED) is 0.598. The zero-order valence-corrected chi connectivity index (χ0v) is 20.6. The lowest BCUT2D eigenvalue weighted by Crippen LogP contribution is -2.39. The largest absolute Gasteiger partial charge is 0.443 e. The number of benzene rings is 1. The maximum absolute atomic E-state index is 13.4. The number of aromatic nitrogens is 1. The summed E-state index contributed by atoms with van der Waals surface area (Å²) in [5, 5.41) is 0. The molecule has 0 radical (unpaired) electrons. The van der Waals surface area contributed by atoms with Crippen molar-refractivity contribution in [2.24, 2.45) is 0 Å². The summed E-state index contributed by atoms with van der Waals surface area (Å²) < 4.78 is 34.0. The summed E-state index contributed by atoms with van der Waals surface area (Å²) in [4.78, 5) is 19.3. The molecule has 1 aromatic heterocycles. The number of pyridine rings is 1. The van der Waals surface area contributed by atoms with Crippen molar-refractivity contribution < 1.29 is 17.9 Å². The minimum atomic E-state index is -3.62. The molecule has 2 heterocycles. The van der Waals surface area contributed by atoms with E-state index in [1.165, 1.54) is 0 Å². The number of hydrogen-bond acceptors (Lipinski definition) is 5. The van der Waals surface area contributed by atoms with Crippen LogP contribution < -0.4 is 4.90 Å². The number of carbonyl (C=O) groups is 1. The summed E-state index contributed by atoms with van der Waals surface area (Å²) >= 11 is 0. The lowest BCUT2D eigenvalue weighted by molar-refractivity contribution is 0.0576. The third-order valence-corrected chi connectivity index (χ3v) is 7.91. The fourth-order valence-electron chi connectivity index (χ4n) is 4.18. The van der Waals surface area contributed by atoms with Crippen LogP contribution in [0, 0.1) is 6.92 Å². The van der Waals surface area contributed by atoms with Crippen LogP contribution in [-0.2, 0) is 14.8 Å². The molecule has 178 valence electrons. The van der Waals surface area contributed by atoms with Gasteiger partial charge in [0.15, 0.2) is 0 Å².